The molecule has 2 aromatic carbocycles. The average molecular weight is 396 g/mol. The van der Waals surface area contributed by atoms with Crippen molar-refractivity contribution in [3.8, 4) is 5.75 Å². The number of nitrogens with zero attached hydrogens (tertiary/aromatic N) is 1. The van der Waals surface area contributed by atoms with Crippen molar-refractivity contribution in [2.45, 2.75) is 46.1 Å². The van der Waals surface area contributed by atoms with Gasteiger partial charge in [0.15, 0.2) is 0 Å². The molecule has 154 valence electrons. The number of carbonyl (C=O) groups excluding carboxylic acids is 2. The highest BCUT2D eigenvalue weighted by Crippen LogP contribution is 2.33. The van der Waals surface area contributed by atoms with Crippen molar-refractivity contribution >= 4 is 23.3 Å². The molecular weight excluding hydrogens is 366 g/mol. The molecule has 0 bridgehead atoms. The van der Waals surface area contributed by atoms with Gasteiger partial charge < -0.3 is 20.3 Å². The van der Waals surface area contributed by atoms with Gasteiger partial charge in [-0.05, 0) is 62.1 Å². The molecule has 1 heterocycles. The Labute approximate surface area is 172 Å². The minimum atomic E-state index is -0.122. The SMILES string of the molecule is CCOc1ccc(C2CCCN2C(=O)Nc2cc(NC(=O)CC)ccc2C)cc1. The van der Waals surface area contributed by atoms with E-state index in [-0.39, 0.29) is 18.0 Å². The standard InChI is InChI=1S/C23H29N3O3/c1-4-22(27)24-18-11-8-16(3)20(15-18)25-23(28)26-14-6-7-21(26)17-9-12-19(13-10-17)29-5-2/h8-13,15,21H,4-7,14H2,1-3H3,(H,24,27)(H,25,28). The second-order valence-corrected chi connectivity index (χ2v) is 7.22. The van der Waals surface area contributed by atoms with E-state index in [0.717, 1.165) is 36.3 Å². The highest BCUT2D eigenvalue weighted by atomic mass is 16.5. The molecular formula is C23H29N3O3. The average Bonchev–Trinajstić information content (AvgIpc) is 3.21. The van der Waals surface area contributed by atoms with Crippen molar-refractivity contribution in [3.63, 3.8) is 0 Å². The Morgan fingerprint density at radius 1 is 1.10 bits per heavy atom. The largest absolute Gasteiger partial charge is 0.494 e. The van der Waals surface area contributed by atoms with Gasteiger partial charge in [-0.3, -0.25) is 4.79 Å². The third kappa shape index (κ3) is 5.08. The van der Waals surface area contributed by atoms with Gasteiger partial charge in [-0.25, -0.2) is 4.79 Å². The lowest BCUT2D eigenvalue weighted by molar-refractivity contribution is -0.115. The minimum absolute atomic E-state index is 0.0500. The Balaban J connectivity index is 1.72. The Kier molecular flexibility index (Phi) is 6.75. The molecule has 1 aliphatic heterocycles. The van der Waals surface area contributed by atoms with Crippen LogP contribution in [0.15, 0.2) is 42.5 Å². The van der Waals surface area contributed by atoms with E-state index in [9.17, 15) is 9.59 Å². The van der Waals surface area contributed by atoms with E-state index >= 15 is 0 Å². The number of benzene rings is 2. The van der Waals surface area contributed by atoms with Gasteiger partial charge in [-0.1, -0.05) is 25.1 Å². The van der Waals surface area contributed by atoms with Crippen molar-refractivity contribution in [2.75, 3.05) is 23.8 Å². The van der Waals surface area contributed by atoms with E-state index in [1.807, 2.05) is 61.2 Å². The molecule has 29 heavy (non-hydrogen) atoms. The number of rotatable bonds is 6. The molecule has 2 N–H and O–H groups in total. The van der Waals surface area contributed by atoms with Gasteiger partial charge in [0.05, 0.1) is 12.6 Å². The molecule has 0 spiro atoms. The fourth-order valence-corrected chi connectivity index (χ4v) is 3.58. The summed E-state index contributed by atoms with van der Waals surface area (Å²) in [6, 6.07) is 13.5. The van der Waals surface area contributed by atoms with Crippen molar-refractivity contribution in [2.24, 2.45) is 0 Å². The molecule has 1 aliphatic rings. The molecule has 1 saturated heterocycles. The van der Waals surface area contributed by atoms with Crippen LogP contribution in [0.5, 0.6) is 5.75 Å². The zero-order valence-corrected chi connectivity index (χ0v) is 17.3. The van der Waals surface area contributed by atoms with Gasteiger partial charge in [0, 0.05) is 24.3 Å². The molecule has 1 fully saturated rings. The first-order chi connectivity index (χ1) is 14.0. The van der Waals surface area contributed by atoms with Gasteiger partial charge in [-0.15, -0.1) is 0 Å². The summed E-state index contributed by atoms with van der Waals surface area (Å²) in [6.07, 6.45) is 2.32. The van der Waals surface area contributed by atoms with Gasteiger partial charge in [0.2, 0.25) is 5.91 Å². The zero-order chi connectivity index (χ0) is 20.8. The lowest BCUT2D eigenvalue weighted by atomic mass is 10.0. The predicted molar refractivity (Wildman–Crippen MR) is 115 cm³/mol. The summed E-state index contributed by atoms with van der Waals surface area (Å²) in [5.74, 6) is 0.785. The first kappa shape index (κ1) is 20.7. The molecule has 0 saturated carbocycles. The van der Waals surface area contributed by atoms with Crippen LogP contribution in [0.1, 0.15) is 50.3 Å². The minimum Gasteiger partial charge on any atom is -0.494 e. The lowest BCUT2D eigenvalue weighted by Gasteiger charge is -2.26. The van der Waals surface area contributed by atoms with E-state index < -0.39 is 0 Å². The van der Waals surface area contributed by atoms with Gasteiger partial charge in [0.25, 0.3) is 0 Å². The maximum absolute atomic E-state index is 13.0. The number of hydrogen-bond donors (Lipinski definition) is 2. The van der Waals surface area contributed by atoms with Crippen LogP contribution in [0.4, 0.5) is 16.2 Å². The summed E-state index contributed by atoms with van der Waals surface area (Å²) in [7, 11) is 0. The third-order valence-electron chi connectivity index (χ3n) is 5.17. The highest BCUT2D eigenvalue weighted by molar-refractivity contribution is 5.94. The third-order valence-corrected chi connectivity index (χ3v) is 5.17. The van der Waals surface area contributed by atoms with E-state index in [4.69, 9.17) is 4.74 Å². The second-order valence-electron chi connectivity index (χ2n) is 7.22. The van der Waals surface area contributed by atoms with Gasteiger partial charge in [0.1, 0.15) is 5.75 Å². The number of carbonyl (C=O) groups is 2. The number of likely N-dealkylation sites (tertiary alicyclic amines) is 1. The molecule has 1 atom stereocenters. The molecule has 3 rings (SSSR count). The maximum atomic E-state index is 13.0. The normalized spacial score (nSPS) is 15.8. The van der Waals surface area contributed by atoms with Crippen LogP contribution in [-0.4, -0.2) is 30.0 Å². The number of anilines is 2. The van der Waals surface area contributed by atoms with Crippen molar-refractivity contribution in [3.05, 3.63) is 53.6 Å². The molecule has 1 unspecified atom stereocenters. The molecule has 2 aromatic rings. The Morgan fingerprint density at radius 2 is 1.86 bits per heavy atom. The number of nitrogens with one attached hydrogen (secondary N) is 2. The number of urea groups is 1. The van der Waals surface area contributed by atoms with Crippen LogP contribution in [0.25, 0.3) is 0 Å². The van der Waals surface area contributed by atoms with Crippen LogP contribution in [0.2, 0.25) is 0 Å². The van der Waals surface area contributed by atoms with Crippen molar-refractivity contribution in [1.82, 2.24) is 4.90 Å². The molecule has 6 nitrogen and oxygen atoms in total. The Morgan fingerprint density at radius 3 is 2.55 bits per heavy atom. The van der Waals surface area contributed by atoms with Crippen LogP contribution >= 0.6 is 0 Å². The smallest absolute Gasteiger partial charge is 0.322 e. The van der Waals surface area contributed by atoms with Crippen LogP contribution in [0, 0.1) is 6.92 Å². The van der Waals surface area contributed by atoms with Crippen molar-refractivity contribution < 1.29 is 14.3 Å². The van der Waals surface area contributed by atoms with Crippen LogP contribution < -0.4 is 15.4 Å². The number of amides is 3. The summed E-state index contributed by atoms with van der Waals surface area (Å²) in [5.41, 5.74) is 3.45. The predicted octanol–water partition coefficient (Wildman–Crippen LogP) is 5.11. The summed E-state index contributed by atoms with van der Waals surface area (Å²) in [4.78, 5) is 26.6. The van der Waals surface area contributed by atoms with Crippen LogP contribution in [0.3, 0.4) is 0 Å². The first-order valence-corrected chi connectivity index (χ1v) is 10.2. The van der Waals surface area contributed by atoms with Crippen LogP contribution in [-0.2, 0) is 4.79 Å². The van der Waals surface area contributed by atoms with E-state index in [0.29, 0.717) is 24.4 Å². The second kappa shape index (κ2) is 9.45. The Hall–Kier alpha value is -3.02. The maximum Gasteiger partial charge on any atom is 0.322 e. The fourth-order valence-electron chi connectivity index (χ4n) is 3.58. The number of ether oxygens (including phenoxy) is 1. The lowest BCUT2D eigenvalue weighted by Crippen LogP contribution is -2.34. The summed E-state index contributed by atoms with van der Waals surface area (Å²) in [6.45, 7) is 7.06. The molecule has 6 heteroatoms. The van der Waals surface area contributed by atoms with Gasteiger partial charge >= 0.3 is 6.03 Å². The summed E-state index contributed by atoms with van der Waals surface area (Å²) < 4.78 is 5.51. The van der Waals surface area contributed by atoms with E-state index in [1.165, 1.54) is 0 Å². The molecule has 0 aromatic heterocycles. The molecule has 0 radical (unpaired) electrons. The Bertz CT molecular complexity index is 864. The zero-order valence-electron chi connectivity index (χ0n) is 17.3. The number of hydrogen-bond acceptors (Lipinski definition) is 3. The van der Waals surface area contributed by atoms with Crippen molar-refractivity contribution in [1.29, 1.82) is 0 Å². The number of aryl methyl sites for hydroxylation is 1. The topological polar surface area (TPSA) is 70.7 Å². The summed E-state index contributed by atoms with van der Waals surface area (Å²) >= 11 is 0. The van der Waals surface area contributed by atoms with Gasteiger partial charge in [-0.2, -0.15) is 0 Å². The monoisotopic (exact) mass is 395 g/mol. The molecule has 0 aliphatic carbocycles. The van der Waals surface area contributed by atoms with E-state index in [1.54, 1.807) is 6.92 Å². The quantitative estimate of drug-likeness (QED) is 0.714. The van der Waals surface area contributed by atoms with E-state index in [2.05, 4.69) is 10.6 Å². The highest BCUT2D eigenvalue weighted by Gasteiger charge is 2.30. The summed E-state index contributed by atoms with van der Waals surface area (Å²) in [5, 5.41) is 5.86. The first-order valence-electron chi connectivity index (χ1n) is 10.2. The molecule has 3 amide bonds. The fraction of sp³-hybridized carbons (Fsp3) is 0.391.